The number of rotatable bonds is 5. The van der Waals surface area contributed by atoms with Gasteiger partial charge in [0.2, 0.25) is 11.7 Å². The predicted molar refractivity (Wildman–Crippen MR) is 96.0 cm³/mol. The number of para-hydroxylation sites is 1. The van der Waals surface area contributed by atoms with Gasteiger partial charge < -0.3 is 5.32 Å². The number of hydrogen-bond donors (Lipinski definition) is 1. The van der Waals surface area contributed by atoms with E-state index in [0.29, 0.717) is 27.8 Å². The number of carbonyl (C=O) groups excluding carboxylic acids is 1. The number of hydrogen-bond acceptors (Lipinski definition) is 7. The molecular formula is C16H12ClN9O. The Morgan fingerprint density at radius 1 is 1.11 bits per heavy atom. The smallest absolute Gasteiger partial charge is 0.248 e. The molecule has 0 fully saturated rings. The first kappa shape index (κ1) is 16.8. The first-order valence-electron chi connectivity index (χ1n) is 7.85. The van der Waals surface area contributed by atoms with Crippen LogP contribution in [0, 0.1) is 0 Å². The number of amides is 1. The summed E-state index contributed by atoms with van der Waals surface area (Å²) in [5, 5.41) is 26.7. The molecule has 10 nitrogen and oxygen atoms in total. The Morgan fingerprint density at radius 2 is 2.00 bits per heavy atom. The number of nitrogens with one attached hydrogen (secondary N) is 1. The minimum atomic E-state index is -0.296. The van der Waals surface area contributed by atoms with Crippen LogP contribution in [0.5, 0.6) is 0 Å². The van der Waals surface area contributed by atoms with E-state index in [1.165, 1.54) is 15.8 Å². The van der Waals surface area contributed by atoms with Gasteiger partial charge in [0, 0.05) is 16.3 Å². The van der Waals surface area contributed by atoms with E-state index in [-0.39, 0.29) is 12.5 Å². The van der Waals surface area contributed by atoms with Gasteiger partial charge in [0.25, 0.3) is 0 Å². The number of nitrogens with zero attached hydrogens (tertiary/aromatic N) is 8. The van der Waals surface area contributed by atoms with Crippen molar-refractivity contribution in [3.05, 3.63) is 59.9 Å². The fraction of sp³-hybridized carbons (Fsp3) is 0.0625. The highest BCUT2D eigenvalue weighted by Crippen LogP contribution is 2.22. The monoisotopic (exact) mass is 381 g/mol. The van der Waals surface area contributed by atoms with Gasteiger partial charge in [0.05, 0.1) is 5.69 Å². The topological polar surface area (TPSA) is 116 Å². The summed E-state index contributed by atoms with van der Waals surface area (Å²) in [4.78, 5) is 13.4. The third-order valence-corrected chi connectivity index (χ3v) is 3.82. The van der Waals surface area contributed by atoms with Crippen molar-refractivity contribution >= 4 is 23.2 Å². The van der Waals surface area contributed by atoms with Gasteiger partial charge in [-0.05, 0) is 46.0 Å². The number of tetrazole rings is 2. The van der Waals surface area contributed by atoms with E-state index in [1.807, 2.05) is 24.3 Å². The summed E-state index contributed by atoms with van der Waals surface area (Å²) in [6, 6.07) is 14.2. The molecule has 0 radical (unpaired) electrons. The zero-order valence-electron chi connectivity index (χ0n) is 13.8. The Balaban J connectivity index is 1.52. The average Bonchev–Trinajstić information content (AvgIpc) is 3.33. The van der Waals surface area contributed by atoms with Gasteiger partial charge in [-0.2, -0.15) is 9.48 Å². The molecule has 134 valence electrons. The van der Waals surface area contributed by atoms with E-state index >= 15 is 0 Å². The molecular weight excluding hydrogens is 370 g/mol. The molecule has 0 atom stereocenters. The highest BCUT2D eigenvalue weighted by Gasteiger charge is 2.14. The fourth-order valence-corrected chi connectivity index (χ4v) is 2.64. The first-order valence-corrected chi connectivity index (χ1v) is 8.23. The second kappa shape index (κ2) is 7.30. The molecule has 4 rings (SSSR count). The van der Waals surface area contributed by atoms with Gasteiger partial charge in [-0.25, -0.2) is 0 Å². The zero-order chi connectivity index (χ0) is 18.6. The lowest BCUT2D eigenvalue weighted by Crippen LogP contribution is -2.20. The Bertz CT molecular complexity index is 1080. The molecule has 0 saturated carbocycles. The Hall–Kier alpha value is -3.66. The number of carbonyl (C=O) groups is 1. The van der Waals surface area contributed by atoms with Crippen LogP contribution in [0.4, 0.5) is 5.69 Å². The number of halogens is 1. The summed E-state index contributed by atoms with van der Waals surface area (Å²) < 4.78 is 1.50. The molecule has 2 aromatic carbocycles. The fourth-order valence-electron chi connectivity index (χ4n) is 2.45. The third-order valence-electron chi connectivity index (χ3n) is 3.59. The molecule has 27 heavy (non-hydrogen) atoms. The van der Waals surface area contributed by atoms with E-state index < -0.39 is 0 Å². The molecule has 0 unspecified atom stereocenters. The van der Waals surface area contributed by atoms with Crippen LogP contribution in [-0.2, 0) is 11.3 Å². The van der Waals surface area contributed by atoms with Crippen molar-refractivity contribution in [3.8, 4) is 17.1 Å². The van der Waals surface area contributed by atoms with Gasteiger partial charge in [-0.3, -0.25) is 4.79 Å². The molecule has 0 saturated heterocycles. The van der Waals surface area contributed by atoms with Crippen molar-refractivity contribution in [2.24, 2.45) is 0 Å². The van der Waals surface area contributed by atoms with Crippen LogP contribution in [0.15, 0.2) is 54.9 Å². The van der Waals surface area contributed by atoms with Crippen molar-refractivity contribution in [2.45, 2.75) is 6.54 Å². The first-order chi connectivity index (χ1) is 13.2. The lowest BCUT2D eigenvalue weighted by molar-refractivity contribution is -0.117. The van der Waals surface area contributed by atoms with E-state index in [2.05, 4.69) is 36.3 Å². The standard InChI is InChI=1S/C16H12ClN9O/c17-11-4-3-5-12(8-11)19-15(27)9-26-21-16(20-23-26)13-6-1-2-7-14(13)25-10-18-22-24-25/h1-8,10H,9H2,(H,19,27). The Morgan fingerprint density at radius 3 is 2.81 bits per heavy atom. The Kier molecular flexibility index (Phi) is 4.54. The summed E-state index contributed by atoms with van der Waals surface area (Å²) in [6.07, 6.45) is 1.47. The minimum absolute atomic E-state index is 0.0907. The number of anilines is 1. The quantitative estimate of drug-likeness (QED) is 0.558. The van der Waals surface area contributed by atoms with Crippen LogP contribution in [-0.4, -0.2) is 46.3 Å². The molecule has 1 N–H and O–H groups in total. The summed E-state index contributed by atoms with van der Waals surface area (Å²) in [5.74, 6) is 0.0617. The van der Waals surface area contributed by atoms with E-state index in [9.17, 15) is 4.79 Å². The summed E-state index contributed by atoms with van der Waals surface area (Å²) in [6.45, 7) is -0.0907. The molecule has 2 aromatic heterocycles. The Labute approximate surface area is 157 Å². The summed E-state index contributed by atoms with van der Waals surface area (Å²) >= 11 is 5.91. The van der Waals surface area contributed by atoms with Crippen LogP contribution in [0.25, 0.3) is 17.1 Å². The molecule has 4 aromatic rings. The lowest BCUT2D eigenvalue weighted by atomic mass is 10.1. The van der Waals surface area contributed by atoms with Gasteiger partial charge in [0.15, 0.2) is 0 Å². The van der Waals surface area contributed by atoms with Gasteiger partial charge in [-0.15, -0.1) is 15.3 Å². The van der Waals surface area contributed by atoms with Crippen molar-refractivity contribution in [1.29, 1.82) is 0 Å². The second-order valence-corrected chi connectivity index (χ2v) is 5.91. The maximum absolute atomic E-state index is 12.2. The molecule has 2 heterocycles. The van der Waals surface area contributed by atoms with Crippen molar-refractivity contribution < 1.29 is 4.79 Å². The highest BCUT2D eigenvalue weighted by molar-refractivity contribution is 6.30. The SMILES string of the molecule is O=C(Cn1nnc(-c2ccccc2-n2cnnn2)n1)Nc1cccc(Cl)c1. The van der Waals surface area contributed by atoms with Crippen LogP contribution in [0.3, 0.4) is 0 Å². The van der Waals surface area contributed by atoms with Crippen molar-refractivity contribution in [3.63, 3.8) is 0 Å². The average molecular weight is 382 g/mol. The van der Waals surface area contributed by atoms with Crippen LogP contribution in [0.2, 0.25) is 5.02 Å². The van der Waals surface area contributed by atoms with E-state index in [4.69, 9.17) is 11.6 Å². The number of aromatic nitrogens is 8. The van der Waals surface area contributed by atoms with Crippen molar-refractivity contribution in [1.82, 2.24) is 40.4 Å². The normalized spacial score (nSPS) is 10.7. The van der Waals surface area contributed by atoms with Crippen LogP contribution in [0.1, 0.15) is 0 Å². The number of benzene rings is 2. The van der Waals surface area contributed by atoms with E-state index in [1.54, 1.807) is 24.3 Å². The van der Waals surface area contributed by atoms with Crippen LogP contribution >= 0.6 is 11.6 Å². The molecule has 0 bridgehead atoms. The zero-order valence-corrected chi connectivity index (χ0v) is 14.5. The molecule has 0 spiro atoms. The third kappa shape index (κ3) is 3.80. The summed E-state index contributed by atoms with van der Waals surface area (Å²) in [5.41, 5.74) is 1.98. The van der Waals surface area contributed by atoms with Gasteiger partial charge >= 0.3 is 0 Å². The summed E-state index contributed by atoms with van der Waals surface area (Å²) in [7, 11) is 0. The minimum Gasteiger partial charge on any atom is -0.324 e. The highest BCUT2D eigenvalue weighted by atomic mass is 35.5. The molecule has 1 amide bonds. The molecule has 0 aliphatic rings. The largest absolute Gasteiger partial charge is 0.324 e. The lowest BCUT2D eigenvalue weighted by Gasteiger charge is -2.05. The molecule has 0 aliphatic carbocycles. The van der Waals surface area contributed by atoms with Crippen LogP contribution < -0.4 is 5.32 Å². The maximum atomic E-state index is 12.2. The van der Waals surface area contributed by atoms with Gasteiger partial charge in [-0.1, -0.05) is 29.8 Å². The molecule has 11 heteroatoms. The van der Waals surface area contributed by atoms with Gasteiger partial charge in [0.1, 0.15) is 12.9 Å². The molecule has 0 aliphatic heterocycles. The predicted octanol–water partition coefficient (Wildman–Crippen LogP) is 1.61. The second-order valence-electron chi connectivity index (χ2n) is 5.47. The van der Waals surface area contributed by atoms with E-state index in [0.717, 1.165) is 0 Å². The van der Waals surface area contributed by atoms with Crippen molar-refractivity contribution in [2.75, 3.05) is 5.32 Å². The maximum Gasteiger partial charge on any atom is 0.248 e.